The van der Waals surface area contributed by atoms with Gasteiger partial charge < -0.3 is 5.32 Å². The lowest BCUT2D eigenvalue weighted by molar-refractivity contribution is -0.144. The van der Waals surface area contributed by atoms with Crippen molar-refractivity contribution in [3.05, 3.63) is 35.4 Å². The van der Waals surface area contributed by atoms with Gasteiger partial charge in [-0.05, 0) is 30.4 Å². The Bertz CT molecular complexity index is 530. The maximum atomic E-state index is 12.4. The van der Waals surface area contributed by atoms with Crippen molar-refractivity contribution in [3.8, 4) is 0 Å². The molecule has 3 rings (SSSR count). The molecule has 1 aromatic rings. The predicted molar refractivity (Wildman–Crippen MR) is 74.6 cm³/mol. The number of hydrogen-bond donors (Lipinski definition) is 2. The van der Waals surface area contributed by atoms with E-state index in [0.29, 0.717) is 13.0 Å². The zero-order chi connectivity index (χ0) is 13.9. The minimum Gasteiger partial charge on any atom is -0.302 e. The van der Waals surface area contributed by atoms with Gasteiger partial charge in [0, 0.05) is 19.5 Å². The van der Waals surface area contributed by atoms with Gasteiger partial charge in [0.15, 0.2) is 0 Å². The Balaban J connectivity index is 1.73. The van der Waals surface area contributed by atoms with E-state index in [2.05, 4.69) is 16.8 Å². The van der Waals surface area contributed by atoms with Crippen molar-refractivity contribution in [3.63, 3.8) is 0 Å². The van der Waals surface area contributed by atoms with Crippen LogP contribution in [0.5, 0.6) is 0 Å². The molecule has 1 aromatic carbocycles. The standard InChI is InChI=1S/C15H19N3O2/c19-13-7-3-4-10-18(13)17-15(20)14-12-6-2-1-5-11(12)8-9-16-14/h1-2,5-6,14,16H,3-4,7-10H2,(H,17,20). The molecule has 106 valence electrons. The fourth-order valence-electron chi connectivity index (χ4n) is 2.86. The Morgan fingerprint density at radius 2 is 2.10 bits per heavy atom. The summed E-state index contributed by atoms with van der Waals surface area (Å²) in [6.45, 7) is 1.39. The van der Waals surface area contributed by atoms with Crippen LogP contribution < -0.4 is 10.7 Å². The largest absolute Gasteiger partial charge is 0.302 e. The topological polar surface area (TPSA) is 61.4 Å². The predicted octanol–water partition coefficient (Wildman–Crippen LogP) is 0.917. The average Bonchev–Trinajstić information content (AvgIpc) is 2.49. The Morgan fingerprint density at radius 3 is 2.95 bits per heavy atom. The van der Waals surface area contributed by atoms with E-state index in [1.165, 1.54) is 10.6 Å². The molecule has 0 spiro atoms. The van der Waals surface area contributed by atoms with Crippen LogP contribution in [0, 0.1) is 0 Å². The highest BCUT2D eigenvalue weighted by Crippen LogP contribution is 2.23. The van der Waals surface area contributed by atoms with Crippen molar-refractivity contribution in [2.24, 2.45) is 0 Å². The van der Waals surface area contributed by atoms with Crippen LogP contribution in [-0.2, 0) is 16.0 Å². The number of carbonyl (C=O) groups excluding carboxylic acids is 2. The molecule has 0 saturated carbocycles. The number of nitrogens with zero attached hydrogens (tertiary/aromatic N) is 1. The van der Waals surface area contributed by atoms with E-state index in [-0.39, 0.29) is 17.9 Å². The number of amides is 2. The molecular formula is C15H19N3O2. The highest BCUT2D eigenvalue weighted by molar-refractivity contribution is 5.87. The molecule has 2 heterocycles. The van der Waals surface area contributed by atoms with E-state index in [1.807, 2.05) is 18.2 Å². The quantitative estimate of drug-likeness (QED) is 0.842. The third kappa shape index (κ3) is 2.54. The van der Waals surface area contributed by atoms with Crippen LogP contribution in [0.15, 0.2) is 24.3 Å². The lowest BCUT2D eigenvalue weighted by Crippen LogP contribution is -2.52. The minimum atomic E-state index is -0.366. The normalized spacial score (nSPS) is 22.3. The van der Waals surface area contributed by atoms with Crippen LogP contribution in [0.4, 0.5) is 0 Å². The number of hydrazine groups is 1. The third-order valence-corrected chi connectivity index (χ3v) is 3.94. The summed E-state index contributed by atoms with van der Waals surface area (Å²) in [5.74, 6) is -0.138. The molecule has 0 aliphatic carbocycles. The van der Waals surface area contributed by atoms with E-state index in [0.717, 1.165) is 31.4 Å². The highest BCUT2D eigenvalue weighted by atomic mass is 16.2. The summed E-state index contributed by atoms with van der Waals surface area (Å²) < 4.78 is 0. The molecule has 2 aliphatic rings. The van der Waals surface area contributed by atoms with Gasteiger partial charge in [-0.3, -0.25) is 20.0 Å². The maximum absolute atomic E-state index is 12.4. The van der Waals surface area contributed by atoms with Gasteiger partial charge >= 0.3 is 0 Å². The Morgan fingerprint density at radius 1 is 1.25 bits per heavy atom. The number of nitrogens with one attached hydrogen (secondary N) is 2. The molecule has 1 saturated heterocycles. The van der Waals surface area contributed by atoms with Gasteiger partial charge in [-0.15, -0.1) is 0 Å². The molecule has 1 unspecified atom stereocenters. The Hall–Kier alpha value is -1.88. The van der Waals surface area contributed by atoms with Gasteiger partial charge in [-0.25, -0.2) is 0 Å². The van der Waals surface area contributed by atoms with E-state index >= 15 is 0 Å². The summed E-state index contributed by atoms with van der Waals surface area (Å²) in [5, 5.41) is 4.69. The van der Waals surface area contributed by atoms with Crippen LogP contribution in [-0.4, -0.2) is 29.9 Å². The summed E-state index contributed by atoms with van der Waals surface area (Å²) in [7, 11) is 0. The molecule has 5 heteroatoms. The second-order valence-electron chi connectivity index (χ2n) is 5.31. The first-order chi connectivity index (χ1) is 9.75. The second kappa shape index (κ2) is 5.63. The third-order valence-electron chi connectivity index (χ3n) is 3.94. The number of piperidine rings is 1. The van der Waals surface area contributed by atoms with Crippen molar-refractivity contribution >= 4 is 11.8 Å². The second-order valence-corrected chi connectivity index (χ2v) is 5.31. The first-order valence-electron chi connectivity index (χ1n) is 7.18. The molecule has 5 nitrogen and oxygen atoms in total. The molecule has 2 aliphatic heterocycles. The van der Waals surface area contributed by atoms with Crippen molar-refractivity contribution < 1.29 is 9.59 Å². The molecule has 20 heavy (non-hydrogen) atoms. The van der Waals surface area contributed by atoms with Crippen LogP contribution in [0.2, 0.25) is 0 Å². The average molecular weight is 273 g/mol. The molecule has 0 aromatic heterocycles. The van der Waals surface area contributed by atoms with Crippen LogP contribution >= 0.6 is 0 Å². The smallest absolute Gasteiger partial charge is 0.260 e. The number of fused-ring (bicyclic) bond motifs is 1. The highest BCUT2D eigenvalue weighted by Gasteiger charge is 2.28. The lowest BCUT2D eigenvalue weighted by Gasteiger charge is -2.31. The Kier molecular flexibility index (Phi) is 3.69. The van der Waals surface area contributed by atoms with Gasteiger partial charge in [0.2, 0.25) is 5.91 Å². The minimum absolute atomic E-state index is 0.00805. The first kappa shape index (κ1) is 13.1. The zero-order valence-corrected chi connectivity index (χ0v) is 11.4. The van der Waals surface area contributed by atoms with E-state index in [9.17, 15) is 9.59 Å². The SMILES string of the molecule is O=C(NN1CCCCC1=O)C1NCCc2ccccc21. The van der Waals surface area contributed by atoms with Crippen molar-refractivity contribution in [2.75, 3.05) is 13.1 Å². The lowest BCUT2D eigenvalue weighted by atomic mass is 9.94. The Labute approximate surface area is 118 Å². The van der Waals surface area contributed by atoms with E-state index < -0.39 is 0 Å². The van der Waals surface area contributed by atoms with Gasteiger partial charge in [0.05, 0.1) is 0 Å². The van der Waals surface area contributed by atoms with Gasteiger partial charge in [0.25, 0.3) is 5.91 Å². The summed E-state index contributed by atoms with van der Waals surface area (Å²) in [5.41, 5.74) is 4.98. The summed E-state index contributed by atoms with van der Waals surface area (Å²) in [4.78, 5) is 24.2. The molecule has 2 N–H and O–H groups in total. The van der Waals surface area contributed by atoms with Gasteiger partial charge in [-0.1, -0.05) is 24.3 Å². The van der Waals surface area contributed by atoms with Crippen molar-refractivity contribution in [1.29, 1.82) is 0 Å². The van der Waals surface area contributed by atoms with E-state index in [1.54, 1.807) is 0 Å². The summed E-state index contributed by atoms with van der Waals surface area (Å²) >= 11 is 0. The molecule has 1 atom stereocenters. The zero-order valence-electron chi connectivity index (χ0n) is 11.4. The molecule has 0 bridgehead atoms. The number of hydrogen-bond acceptors (Lipinski definition) is 3. The van der Waals surface area contributed by atoms with Crippen LogP contribution in [0.1, 0.15) is 36.4 Å². The van der Waals surface area contributed by atoms with Gasteiger partial charge in [0.1, 0.15) is 6.04 Å². The number of benzene rings is 1. The number of carbonyl (C=O) groups is 2. The number of rotatable bonds is 2. The first-order valence-corrected chi connectivity index (χ1v) is 7.18. The van der Waals surface area contributed by atoms with Crippen LogP contribution in [0.25, 0.3) is 0 Å². The van der Waals surface area contributed by atoms with Crippen molar-refractivity contribution in [2.45, 2.75) is 31.7 Å². The molecule has 2 amide bonds. The van der Waals surface area contributed by atoms with Gasteiger partial charge in [-0.2, -0.15) is 0 Å². The fourth-order valence-corrected chi connectivity index (χ4v) is 2.86. The summed E-state index contributed by atoms with van der Waals surface area (Å²) in [6.07, 6.45) is 3.31. The monoisotopic (exact) mass is 273 g/mol. The van der Waals surface area contributed by atoms with E-state index in [4.69, 9.17) is 0 Å². The van der Waals surface area contributed by atoms with Crippen molar-refractivity contribution in [1.82, 2.24) is 15.8 Å². The molecule has 0 radical (unpaired) electrons. The fraction of sp³-hybridized carbons (Fsp3) is 0.467. The van der Waals surface area contributed by atoms with Crippen LogP contribution in [0.3, 0.4) is 0 Å². The maximum Gasteiger partial charge on any atom is 0.260 e. The molecule has 1 fully saturated rings. The summed E-state index contributed by atoms with van der Waals surface area (Å²) in [6, 6.07) is 7.60. The molecular weight excluding hydrogens is 254 g/mol.